The summed E-state index contributed by atoms with van der Waals surface area (Å²) in [6.07, 6.45) is 0. The van der Waals surface area contributed by atoms with Crippen molar-refractivity contribution in [1.29, 1.82) is 0 Å². The molecule has 14 heavy (non-hydrogen) atoms. The van der Waals surface area contributed by atoms with Gasteiger partial charge in [-0.25, -0.2) is 0 Å². The molecule has 1 aliphatic rings. The summed E-state index contributed by atoms with van der Waals surface area (Å²) in [5.74, 6) is -0.0895. The quantitative estimate of drug-likeness (QED) is 0.628. The second kappa shape index (κ2) is 3.70. The molecule has 1 atom stereocenters. The third-order valence-corrected chi connectivity index (χ3v) is 2.17. The molecule has 1 aromatic rings. The summed E-state index contributed by atoms with van der Waals surface area (Å²) >= 11 is 0. The second-order valence-corrected chi connectivity index (χ2v) is 3.16. The Morgan fingerprint density at radius 1 is 1.71 bits per heavy atom. The number of H-pyrrole nitrogens is 1. The van der Waals surface area contributed by atoms with E-state index in [4.69, 9.17) is 4.74 Å². The first-order valence-corrected chi connectivity index (χ1v) is 4.41. The molecule has 1 aromatic heterocycles. The fraction of sp³-hybridized carbons (Fsp3) is 0.714. The van der Waals surface area contributed by atoms with E-state index in [0.29, 0.717) is 19.8 Å². The topological polar surface area (TPSA) is 84.0 Å². The van der Waals surface area contributed by atoms with Crippen molar-refractivity contribution in [1.82, 2.24) is 25.5 Å². The first-order valence-electron chi connectivity index (χ1n) is 4.41. The molecule has 1 fully saturated rings. The minimum atomic E-state index is -0.199. The molecule has 0 bridgehead atoms. The summed E-state index contributed by atoms with van der Waals surface area (Å²) in [6.45, 7) is 3.63. The van der Waals surface area contributed by atoms with Crippen LogP contribution in [0.2, 0.25) is 0 Å². The van der Waals surface area contributed by atoms with E-state index in [1.165, 1.54) is 0 Å². The van der Waals surface area contributed by atoms with Gasteiger partial charge in [-0.15, -0.1) is 10.2 Å². The summed E-state index contributed by atoms with van der Waals surface area (Å²) in [4.78, 5) is 13.4. The number of hydrogen-bond donors (Lipinski definition) is 1. The van der Waals surface area contributed by atoms with Gasteiger partial charge in [0.2, 0.25) is 0 Å². The number of hydrogen-bond acceptors (Lipinski definition) is 5. The highest BCUT2D eigenvalue weighted by Crippen LogP contribution is 2.08. The number of amides is 1. The molecule has 76 valence electrons. The summed E-state index contributed by atoms with van der Waals surface area (Å²) in [6, 6.07) is 0.0646. The fourth-order valence-electron chi connectivity index (χ4n) is 1.41. The highest BCUT2D eigenvalue weighted by molar-refractivity contribution is 5.90. The van der Waals surface area contributed by atoms with Crippen molar-refractivity contribution in [3.05, 3.63) is 5.82 Å². The molecule has 0 radical (unpaired) electrons. The van der Waals surface area contributed by atoms with E-state index in [2.05, 4.69) is 20.6 Å². The van der Waals surface area contributed by atoms with Crippen LogP contribution in [-0.2, 0) is 4.74 Å². The van der Waals surface area contributed by atoms with E-state index in [1.807, 2.05) is 6.92 Å². The molecule has 2 rings (SSSR count). The Kier molecular flexibility index (Phi) is 2.40. The predicted octanol–water partition coefficient (Wildman–Crippen LogP) is -0.939. The smallest absolute Gasteiger partial charge is 0.295 e. The molecule has 0 aliphatic carbocycles. The van der Waals surface area contributed by atoms with Crippen molar-refractivity contribution in [3.8, 4) is 0 Å². The van der Waals surface area contributed by atoms with Crippen LogP contribution in [0, 0.1) is 0 Å². The molecular weight excluding hydrogens is 186 g/mol. The van der Waals surface area contributed by atoms with Crippen LogP contribution in [-0.4, -0.2) is 57.2 Å². The van der Waals surface area contributed by atoms with Gasteiger partial charge >= 0.3 is 0 Å². The summed E-state index contributed by atoms with van der Waals surface area (Å²) < 4.78 is 5.22. The van der Waals surface area contributed by atoms with Gasteiger partial charge in [-0.3, -0.25) is 4.79 Å². The molecule has 1 saturated heterocycles. The Balaban J connectivity index is 2.10. The maximum atomic E-state index is 11.8. The summed E-state index contributed by atoms with van der Waals surface area (Å²) in [5, 5.41) is 12.9. The summed E-state index contributed by atoms with van der Waals surface area (Å²) in [7, 11) is 0. The minimum Gasteiger partial charge on any atom is -0.377 e. The Bertz CT molecular complexity index is 312. The zero-order valence-corrected chi connectivity index (χ0v) is 7.80. The molecule has 1 N–H and O–H groups in total. The van der Waals surface area contributed by atoms with Crippen LogP contribution in [0.5, 0.6) is 0 Å². The largest absolute Gasteiger partial charge is 0.377 e. The van der Waals surface area contributed by atoms with Gasteiger partial charge in [-0.2, -0.15) is 5.21 Å². The lowest BCUT2D eigenvalue weighted by molar-refractivity contribution is 0.00292. The lowest BCUT2D eigenvalue weighted by atomic mass is 10.2. The van der Waals surface area contributed by atoms with E-state index in [0.717, 1.165) is 0 Å². The molecular formula is C7H11N5O2. The van der Waals surface area contributed by atoms with Crippen molar-refractivity contribution in [2.45, 2.75) is 13.0 Å². The monoisotopic (exact) mass is 197 g/mol. The highest BCUT2D eigenvalue weighted by atomic mass is 16.5. The number of nitrogens with one attached hydrogen (secondary N) is 1. The van der Waals surface area contributed by atoms with Crippen molar-refractivity contribution < 1.29 is 9.53 Å². The van der Waals surface area contributed by atoms with Crippen LogP contribution in [0.25, 0.3) is 0 Å². The first-order chi connectivity index (χ1) is 6.79. The third-order valence-electron chi connectivity index (χ3n) is 2.17. The van der Waals surface area contributed by atoms with E-state index in [1.54, 1.807) is 4.90 Å². The first kappa shape index (κ1) is 9.07. The molecule has 1 aliphatic heterocycles. The van der Waals surface area contributed by atoms with E-state index in [-0.39, 0.29) is 17.8 Å². The van der Waals surface area contributed by atoms with E-state index < -0.39 is 0 Å². The van der Waals surface area contributed by atoms with Crippen LogP contribution in [0.4, 0.5) is 0 Å². The van der Waals surface area contributed by atoms with Crippen LogP contribution >= 0.6 is 0 Å². The van der Waals surface area contributed by atoms with Crippen molar-refractivity contribution in [2.75, 3.05) is 19.8 Å². The van der Waals surface area contributed by atoms with Crippen LogP contribution in [0.1, 0.15) is 17.5 Å². The van der Waals surface area contributed by atoms with Gasteiger partial charge in [0, 0.05) is 6.54 Å². The second-order valence-electron chi connectivity index (χ2n) is 3.16. The zero-order valence-electron chi connectivity index (χ0n) is 7.80. The standard InChI is InChI=1S/C7H11N5O2/c1-5-4-14-3-2-12(5)7(13)6-8-10-11-9-6/h5H,2-4H2,1H3,(H,8,9,10,11)/t5-/m1/s1. The number of rotatable bonds is 1. The van der Waals surface area contributed by atoms with E-state index in [9.17, 15) is 4.79 Å². The van der Waals surface area contributed by atoms with Gasteiger partial charge in [0.25, 0.3) is 11.7 Å². The normalized spacial score (nSPS) is 22.4. The molecule has 0 unspecified atom stereocenters. The van der Waals surface area contributed by atoms with Gasteiger partial charge in [0.05, 0.1) is 19.3 Å². The predicted molar refractivity (Wildman–Crippen MR) is 45.5 cm³/mol. The SMILES string of the molecule is C[C@@H]1COCCN1C(=O)c1nn[nH]n1. The molecule has 7 heteroatoms. The lowest BCUT2D eigenvalue weighted by Gasteiger charge is -2.32. The number of carbonyl (C=O) groups excluding carboxylic acids is 1. The zero-order chi connectivity index (χ0) is 9.97. The van der Waals surface area contributed by atoms with Gasteiger partial charge in [-0.1, -0.05) is 0 Å². The average molecular weight is 197 g/mol. The number of nitrogens with zero attached hydrogens (tertiary/aromatic N) is 4. The molecule has 7 nitrogen and oxygen atoms in total. The Morgan fingerprint density at radius 3 is 3.21 bits per heavy atom. The third kappa shape index (κ3) is 1.58. The molecule has 1 amide bonds. The van der Waals surface area contributed by atoms with Gasteiger partial charge < -0.3 is 9.64 Å². The van der Waals surface area contributed by atoms with Crippen molar-refractivity contribution in [3.63, 3.8) is 0 Å². The average Bonchev–Trinajstić information content (AvgIpc) is 2.70. The molecule has 0 saturated carbocycles. The number of morpholine rings is 1. The lowest BCUT2D eigenvalue weighted by Crippen LogP contribution is -2.47. The maximum Gasteiger partial charge on any atom is 0.295 e. The Hall–Kier alpha value is -1.50. The summed E-state index contributed by atoms with van der Waals surface area (Å²) in [5.41, 5.74) is 0. The van der Waals surface area contributed by atoms with Crippen LogP contribution in [0.3, 0.4) is 0 Å². The van der Waals surface area contributed by atoms with Crippen molar-refractivity contribution in [2.24, 2.45) is 0 Å². The number of aromatic amines is 1. The number of aromatic nitrogens is 4. The van der Waals surface area contributed by atoms with Gasteiger partial charge in [-0.05, 0) is 12.1 Å². The van der Waals surface area contributed by atoms with Gasteiger partial charge in [0.1, 0.15) is 0 Å². The number of carbonyl (C=O) groups is 1. The Morgan fingerprint density at radius 2 is 2.57 bits per heavy atom. The highest BCUT2D eigenvalue weighted by Gasteiger charge is 2.27. The maximum absolute atomic E-state index is 11.8. The van der Waals surface area contributed by atoms with E-state index >= 15 is 0 Å². The van der Waals surface area contributed by atoms with Crippen LogP contribution in [0.15, 0.2) is 0 Å². The fourth-order valence-corrected chi connectivity index (χ4v) is 1.41. The minimum absolute atomic E-state index is 0.0646. The van der Waals surface area contributed by atoms with Gasteiger partial charge in [0.15, 0.2) is 0 Å². The number of ether oxygens (including phenoxy) is 1. The Labute approximate surface area is 80.4 Å². The molecule has 2 heterocycles. The number of tetrazole rings is 1. The molecule has 0 spiro atoms. The van der Waals surface area contributed by atoms with Crippen molar-refractivity contribution >= 4 is 5.91 Å². The van der Waals surface area contributed by atoms with Crippen LogP contribution < -0.4 is 0 Å². The molecule has 0 aromatic carbocycles.